The van der Waals surface area contributed by atoms with Crippen molar-refractivity contribution in [1.82, 2.24) is 0 Å². The molecule has 0 fully saturated rings. The van der Waals surface area contributed by atoms with Crippen LogP contribution < -0.4 is 0 Å². The average Bonchev–Trinajstić information content (AvgIpc) is 2.54. The molecule has 1 aromatic heterocycles. The molecule has 1 aromatic carbocycles. The van der Waals surface area contributed by atoms with Gasteiger partial charge in [0.1, 0.15) is 5.82 Å². The fourth-order valence-corrected chi connectivity index (χ4v) is 2.40. The van der Waals surface area contributed by atoms with Gasteiger partial charge in [-0.3, -0.25) is 4.79 Å². The number of thiophene rings is 1. The SMILES string of the molecule is O=Cc1c(S)c(F)cc2ccsc12. The summed E-state index contributed by atoms with van der Waals surface area (Å²) in [5.41, 5.74) is 0.341. The van der Waals surface area contributed by atoms with Gasteiger partial charge >= 0.3 is 0 Å². The molecule has 0 unspecified atom stereocenters. The van der Waals surface area contributed by atoms with Crippen LogP contribution in [0.3, 0.4) is 0 Å². The van der Waals surface area contributed by atoms with Gasteiger partial charge in [-0.2, -0.15) is 0 Å². The van der Waals surface area contributed by atoms with Gasteiger partial charge in [0.05, 0.1) is 4.90 Å². The van der Waals surface area contributed by atoms with Crippen molar-refractivity contribution in [3.63, 3.8) is 0 Å². The fraction of sp³-hybridized carbons (Fsp3) is 0. The molecule has 0 aliphatic heterocycles. The first kappa shape index (κ1) is 8.72. The van der Waals surface area contributed by atoms with Gasteiger partial charge in [-0.15, -0.1) is 24.0 Å². The summed E-state index contributed by atoms with van der Waals surface area (Å²) in [6.45, 7) is 0. The Morgan fingerprint density at radius 3 is 3.00 bits per heavy atom. The summed E-state index contributed by atoms with van der Waals surface area (Å²) in [6.07, 6.45) is 0.643. The Labute approximate surface area is 83.6 Å². The van der Waals surface area contributed by atoms with Crippen LogP contribution in [0.15, 0.2) is 22.4 Å². The molecule has 0 radical (unpaired) electrons. The van der Waals surface area contributed by atoms with E-state index in [1.807, 2.05) is 5.38 Å². The maximum Gasteiger partial charge on any atom is 0.152 e. The van der Waals surface area contributed by atoms with Crippen LogP contribution in [0.1, 0.15) is 10.4 Å². The van der Waals surface area contributed by atoms with Crippen LogP contribution in [0.5, 0.6) is 0 Å². The zero-order chi connectivity index (χ0) is 9.42. The Morgan fingerprint density at radius 2 is 2.31 bits per heavy atom. The van der Waals surface area contributed by atoms with E-state index < -0.39 is 5.82 Å². The van der Waals surface area contributed by atoms with Crippen LogP contribution in [0.25, 0.3) is 10.1 Å². The van der Waals surface area contributed by atoms with Crippen molar-refractivity contribution < 1.29 is 9.18 Å². The molecule has 0 aliphatic carbocycles. The summed E-state index contributed by atoms with van der Waals surface area (Å²) in [7, 11) is 0. The molecule has 1 heterocycles. The van der Waals surface area contributed by atoms with Crippen LogP contribution in [0, 0.1) is 5.82 Å². The van der Waals surface area contributed by atoms with Crippen molar-refractivity contribution in [3.05, 3.63) is 28.9 Å². The number of fused-ring (bicyclic) bond motifs is 1. The van der Waals surface area contributed by atoms with Gasteiger partial charge in [0.25, 0.3) is 0 Å². The maximum absolute atomic E-state index is 13.1. The highest BCUT2D eigenvalue weighted by Crippen LogP contribution is 2.30. The summed E-state index contributed by atoms with van der Waals surface area (Å²) in [5, 5.41) is 2.58. The molecule has 0 saturated heterocycles. The molecule has 0 spiro atoms. The lowest BCUT2D eigenvalue weighted by atomic mass is 10.2. The Balaban J connectivity index is 2.95. The number of carbonyl (C=O) groups excluding carboxylic acids is 1. The van der Waals surface area contributed by atoms with E-state index in [-0.39, 0.29) is 4.90 Å². The lowest BCUT2D eigenvalue weighted by Crippen LogP contribution is -1.87. The Bertz CT molecular complexity index is 476. The number of thiol groups is 1. The van der Waals surface area contributed by atoms with E-state index in [9.17, 15) is 9.18 Å². The molecule has 2 rings (SSSR count). The van der Waals surface area contributed by atoms with Gasteiger partial charge < -0.3 is 0 Å². The van der Waals surface area contributed by atoms with Crippen molar-refractivity contribution in [2.45, 2.75) is 4.90 Å². The molecule has 2 aromatic rings. The standard InChI is InChI=1S/C9H5FOS2/c10-7-3-5-1-2-13-9(5)6(4-11)8(7)12/h1-4,12H. The van der Waals surface area contributed by atoms with Crippen LogP contribution in [0.2, 0.25) is 0 Å². The van der Waals surface area contributed by atoms with Crippen LogP contribution in [0.4, 0.5) is 4.39 Å². The lowest BCUT2D eigenvalue weighted by Gasteiger charge is -2.00. The normalized spacial score (nSPS) is 10.6. The van der Waals surface area contributed by atoms with E-state index in [4.69, 9.17) is 0 Å². The molecule has 4 heteroatoms. The van der Waals surface area contributed by atoms with Gasteiger partial charge in [-0.05, 0) is 22.9 Å². The van der Waals surface area contributed by atoms with Crippen molar-refractivity contribution in [1.29, 1.82) is 0 Å². The van der Waals surface area contributed by atoms with E-state index in [0.29, 0.717) is 11.8 Å². The number of benzene rings is 1. The molecule has 0 aliphatic rings. The fourth-order valence-electron chi connectivity index (χ4n) is 1.20. The summed E-state index contributed by atoms with van der Waals surface area (Å²) in [4.78, 5) is 10.8. The molecular weight excluding hydrogens is 207 g/mol. The average molecular weight is 212 g/mol. The number of hydrogen-bond acceptors (Lipinski definition) is 3. The Hall–Kier alpha value is -0.870. The van der Waals surface area contributed by atoms with Crippen molar-refractivity contribution >= 4 is 40.3 Å². The molecule has 0 bridgehead atoms. The molecule has 1 nitrogen and oxygen atoms in total. The van der Waals surface area contributed by atoms with Gasteiger partial charge in [-0.25, -0.2) is 4.39 Å². The van der Waals surface area contributed by atoms with Crippen molar-refractivity contribution in [3.8, 4) is 0 Å². The van der Waals surface area contributed by atoms with Crippen LogP contribution in [-0.4, -0.2) is 6.29 Å². The Kier molecular flexibility index (Phi) is 2.09. The zero-order valence-corrected chi connectivity index (χ0v) is 8.16. The number of halogens is 1. The molecule has 13 heavy (non-hydrogen) atoms. The molecule has 0 N–H and O–H groups in total. The summed E-state index contributed by atoms with van der Waals surface area (Å²) >= 11 is 5.36. The van der Waals surface area contributed by atoms with E-state index in [2.05, 4.69) is 12.6 Å². The van der Waals surface area contributed by atoms with E-state index in [0.717, 1.165) is 10.1 Å². The predicted octanol–water partition coefficient (Wildman–Crippen LogP) is 3.14. The number of hydrogen-bond donors (Lipinski definition) is 1. The highest BCUT2D eigenvalue weighted by atomic mass is 32.1. The summed E-state index contributed by atoms with van der Waals surface area (Å²) in [6, 6.07) is 3.17. The highest BCUT2D eigenvalue weighted by molar-refractivity contribution is 7.80. The molecule has 0 atom stereocenters. The molecule has 66 valence electrons. The quantitative estimate of drug-likeness (QED) is 0.567. The molecule has 0 saturated carbocycles. The summed E-state index contributed by atoms with van der Waals surface area (Å²) in [5.74, 6) is -0.448. The monoisotopic (exact) mass is 212 g/mol. The molecule has 0 amide bonds. The summed E-state index contributed by atoms with van der Waals surface area (Å²) < 4.78 is 13.9. The van der Waals surface area contributed by atoms with Crippen molar-refractivity contribution in [2.75, 3.05) is 0 Å². The van der Waals surface area contributed by atoms with Gasteiger partial charge in [0, 0.05) is 10.3 Å². The first-order valence-corrected chi connectivity index (χ1v) is 4.90. The topological polar surface area (TPSA) is 17.1 Å². The first-order chi connectivity index (χ1) is 6.24. The molecular formula is C9H5FOS2. The Morgan fingerprint density at radius 1 is 1.54 bits per heavy atom. The third-order valence-corrected chi connectivity index (χ3v) is 3.24. The third-order valence-electron chi connectivity index (χ3n) is 1.82. The second kappa shape index (κ2) is 3.12. The van der Waals surface area contributed by atoms with E-state index >= 15 is 0 Å². The minimum Gasteiger partial charge on any atom is -0.298 e. The smallest absolute Gasteiger partial charge is 0.152 e. The van der Waals surface area contributed by atoms with E-state index in [1.54, 1.807) is 6.07 Å². The van der Waals surface area contributed by atoms with Gasteiger partial charge in [0.15, 0.2) is 6.29 Å². The third kappa shape index (κ3) is 1.26. The van der Waals surface area contributed by atoms with Crippen molar-refractivity contribution in [2.24, 2.45) is 0 Å². The first-order valence-electron chi connectivity index (χ1n) is 3.58. The van der Waals surface area contributed by atoms with Gasteiger partial charge in [0.2, 0.25) is 0 Å². The predicted molar refractivity (Wildman–Crippen MR) is 54.4 cm³/mol. The number of aldehydes is 1. The van der Waals surface area contributed by atoms with Gasteiger partial charge in [-0.1, -0.05) is 0 Å². The largest absolute Gasteiger partial charge is 0.298 e. The van der Waals surface area contributed by atoms with E-state index in [1.165, 1.54) is 17.4 Å². The van der Waals surface area contributed by atoms with Crippen LogP contribution in [-0.2, 0) is 0 Å². The van der Waals surface area contributed by atoms with Crippen LogP contribution >= 0.6 is 24.0 Å². The highest BCUT2D eigenvalue weighted by Gasteiger charge is 2.10. The number of carbonyl (C=O) groups is 1. The second-order valence-electron chi connectivity index (χ2n) is 2.58. The maximum atomic E-state index is 13.1. The minimum absolute atomic E-state index is 0.130. The lowest BCUT2D eigenvalue weighted by molar-refractivity contribution is 0.112. The minimum atomic E-state index is -0.448. The second-order valence-corrected chi connectivity index (χ2v) is 3.94. The number of rotatable bonds is 1. The zero-order valence-electron chi connectivity index (χ0n) is 6.45.